The first-order chi connectivity index (χ1) is 10.1. The van der Waals surface area contributed by atoms with Crippen molar-refractivity contribution in [2.75, 3.05) is 19.4 Å². The van der Waals surface area contributed by atoms with Crippen LogP contribution in [0.4, 0.5) is 5.69 Å². The largest absolute Gasteiger partial charge is 0.394 e. The van der Waals surface area contributed by atoms with Gasteiger partial charge in [0.15, 0.2) is 0 Å². The molecule has 0 saturated carbocycles. The Morgan fingerprint density at radius 1 is 1.52 bits per heavy atom. The molecule has 0 spiro atoms. The van der Waals surface area contributed by atoms with Crippen LogP contribution in [0.2, 0.25) is 0 Å². The predicted octanol–water partition coefficient (Wildman–Crippen LogP) is 2.30. The number of likely N-dealkylation sites (tertiary alicyclic amines) is 1. The minimum absolute atomic E-state index is 0.0501. The van der Waals surface area contributed by atoms with Crippen LogP contribution < -0.4 is 0 Å². The van der Waals surface area contributed by atoms with E-state index >= 15 is 0 Å². The Hall–Kier alpha value is -1.60. The van der Waals surface area contributed by atoms with Crippen molar-refractivity contribution in [1.29, 1.82) is 0 Å². The number of nitro groups is 1. The SMILES string of the molecule is CSc1ccc(C(=O)N2CCCCC2CO)cc1[N+](=O)[O-]. The van der Waals surface area contributed by atoms with Gasteiger partial charge < -0.3 is 10.0 Å². The number of thioether (sulfide) groups is 1. The van der Waals surface area contributed by atoms with Crippen molar-refractivity contribution in [3.05, 3.63) is 33.9 Å². The number of nitrogens with zero attached hydrogens (tertiary/aromatic N) is 2. The highest BCUT2D eigenvalue weighted by Gasteiger charge is 2.28. The van der Waals surface area contributed by atoms with E-state index in [4.69, 9.17) is 0 Å². The molecule has 0 aromatic heterocycles. The number of carbonyl (C=O) groups is 1. The molecule has 1 aliphatic rings. The molecule has 114 valence electrons. The van der Waals surface area contributed by atoms with Gasteiger partial charge in [-0.05, 0) is 37.7 Å². The second-order valence-electron chi connectivity index (χ2n) is 4.97. The molecule has 1 aliphatic heterocycles. The van der Waals surface area contributed by atoms with Crippen LogP contribution >= 0.6 is 11.8 Å². The number of carbonyl (C=O) groups excluding carboxylic acids is 1. The molecular formula is C14H18N2O4S. The van der Waals surface area contributed by atoms with Crippen molar-refractivity contribution in [2.45, 2.75) is 30.2 Å². The van der Waals surface area contributed by atoms with Crippen molar-refractivity contribution >= 4 is 23.4 Å². The number of hydrogen-bond acceptors (Lipinski definition) is 5. The molecule has 21 heavy (non-hydrogen) atoms. The standard InChI is InChI=1S/C14H18N2O4S/c1-21-13-6-5-10(8-12(13)16(19)20)14(18)15-7-3-2-4-11(15)9-17/h5-6,8,11,17H,2-4,7,9H2,1H3. The summed E-state index contributed by atoms with van der Waals surface area (Å²) in [4.78, 5) is 25.3. The molecule has 0 bridgehead atoms. The summed E-state index contributed by atoms with van der Waals surface area (Å²) in [7, 11) is 0. The first kappa shape index (κ1) is 15.8. The monoisotopic (exact) mass is 310 g/mol. The number of amides is 1. The van der Waals surface area contributed by atoms with Crippen LogP contribution in [0.5, 0.6) is 0 Å². The van der Waals surface area contributed by atoms with E-state index < -0.39 is 4.92 Å². The Bertz CT molecular complexity index is 550. The number of rotatable bonds is 4. The molecule has 1 aromatic rings. The summed E-state index contributed by atoms with van der Waals surface area (Å²) in [5.41, 5.74) is 0.255. The minimum Gasteiger partial charge on any atom is -0.394 e. The fourth-order valence-electron chi connectivity index (χ4n) is 2.59. The molecule has 2 rings (SSSR count). The van der Waals surface area contributed by atoms with E-state index in [2.05, 4.69) is 0 Å². The number of aliphatic hydroxyl groups is 1. The maximum Gasteiger partial charge on any atom is 0.283 e. The maximum atomic E-state index is 12.5. The fourth-order valence-corrected chi connectivity index (χ4v) is 3.14. The number of piperidine rings is 1. The van der Waals surface area contributed by atoms with Gasteiger partial charge in [0.25, 0.3) is 11.6 Å². The summed E-state index contributed by atoms with van der Waals surface area (Å²) in [6.07, 6.45) is 4.41. The van der Waals surface area contributed by atoms with E-state index in [0.717, 1.165) is 19.3 Å². The van der Waals surface area contributed by atoms with Gasteiger partial charge in [0, 0.05) is 18.2 Å². The Balaban J connectivity index is 2.30. The average molecular weight is 310 g/mol. The summed E-state index contributed by atoms with van der Waals surface area (Å²) in [5, 5.41) is 20.5. The van der Waals surface area contributed by atoms with Gasteiger partial charge in [-0.25, -0.2) is 0 Å². The third-order valence-corrected chi connectivity index (χ3v) is 4.51. The van der Waals surface area contributed by atoms with Crippen molar-refractivity contribution in [3.8, 4) is 0 Å². The minimum atomic E-state index is -0.470. The number of hydrogen-bond donors (Lipinski definition) is 1. The van der Waals surface area contributed by atoms with Crippen LogP contribution in [0, 0.1) is 10.1 Å². The van der Waals surface area contributed by atoms with E-state index in [9.17, 15) is 20.0 Å². The normalized spacial score (nSPS) is 18.6. The van der Waals surface area contributed by atoms with E-state index in [-0.39, 0.29) is 24.2 Å². The van der Waals surface area contributed by atoms with Gasteiger partial charge in [0.05, 0.1) is 22.5 Å². The summed E-state index contributed by atoms with van der Waals surface area (Å²) in [6, 6.07) is 4.36. The molecule has 6 nitrogen and oxygen atoms in total. The molecule has 1 amide bonds. The lowest BCUT2D eigenvalue weighted by atomic mass is 10.0. The van der Waals surface area contributed by atoms with Crippen LogP contribution in [0.25, 0.3) is 0 Å². The van der Waals surface area contributed by atoms with E-state index in [1.807, 2.05) is 0 Å². The maximum absolute atomic E-state index is 12.5. The number of aliphatic hydroxyl groups excluding tert-OH is 1. The molecule has 0 aliphatic carbocycles. The molecule has 1 heterocycles. The molecule has 1 fully saturated rings. The smallest absolute Gasteiger partial charge is 0.283 e. The van der Waals surface area contributed by atoms with E-state index in [1.165, 1.54) is 17.8 Å². The molecule has 1 aromatic carbocycles. The third-order valence-electron chi connectivity index (χ3n) is 3.72. The zero-order chi connectivity index (χ0) is 15.4. The summed E-state index contributed by atoms with van der Waals surface area (Å²) >= 11 is 1.28. The molecular weight excluding hydrogens is 292 g/mol. The quantitative estimate of drug-likeness (QED) is 0.524. The lowest BCUT2D eigenvalue weighted by Crippen LogP contribution is -2.45. The van der Waals surface area contributed by atoms with Crippen LogP contribution in [0.15, 0.2) is 23.1 Å². The van der Waals surface area contributed by atoms with Crippen LogP contribution in [0.1, 0.15) is 29.6 Å². The molecule has 1 atom stereocenters. The topological polar surface area (TPSA) is 83.7 Å². The summed E-state index contributed by atoms with van der Waals surface area (Å²) in [5.74, 6) is -0.246. The van der Waals surface area contributed by atoms with Crippen molar-refractivity contribution in [1.82, 2.24) is 4.90 Å². The average Bonchev–Trinajstić information content (AvgIpc) is 2.53. The molecule has 1 saturated heterocycles. The fraction of sp³-hybridized carbons (Fsp3) is 0.500. The number of benzene rings is 1. The zero-order valence-corrected chi connectivity index (χ0v) is 12.6. The highest BCUT2D eigenvalue weighted by atomic mass is 32.2. The Morgan fingerprint density at radius 3 is 2.90 bits per heavy atom. The molecule has 1 N–H and O–H groups in total. The number of nitro benzene ring substituents is 1. The lowest BCUT2D eigenvalue weighted by molar-refractivity contribution is -0.387. The van der Waals surface area contributed by atoms with Gasteiger partial charge in [-0.3, -0.25) is 14.9 Å². The summed E-state index contributed by atoms with van der Waals surface area (Å²) in [6.45, 7) is 0.513. The highest BCUT2D eigenvalue weighted by Crippen LogP contribution is 2.29. The predicted molar refractivity (Wildman–Crippen MR) is 80.6 cm³/mol. The lowest BCUT2D eigenvalue weighted by Gasteiger charge is -2.34. The van der Waals surface area contributed by atoms with Gasteiger partial charge >= 0.3 is 0 Å². The Morgan fingerprint density at radius 2 is 2.29 bits per heavy atom. The van der Waals surface area contributed by atoms with Gasteiger partial charge in [0.1, 0.15) is 0 Å². The van der Waals surface area contributed by atoms with Crippen molar-refractivity contribution in [2.24, 2.45) is 0 Å². The molecule has 7 heteroatoms. The van der Waals surface area contributed by atoms with Crippen LogP contribution in [-0.4, -0.2) is 46.3 Å². The molecule has 1 unspecified atom stereocenters. The van der Waals surface area contributed by atoms with E-state index in [1.54, 1.807) is 23.3 Å². The third kappa shape index (κ3) is 3.36. The second kappa shape index (κ2) is 6.91. The Labute approximate surface area is 127 Å². The first-order valence-electron chi connectivity index (χ1n) is 6.82. The van der Waals surface area contributed by atoms with Gasteiger partial charge in [0.2, 0.25) is 0 Å². The zero-order valence-electron chi connectivity index (χ0n) is 11.8. The van der Waals surface area contributed by atoms with Crippen LogP contribution in [0.3, 0.4) is 0 Å². The van der Waals surface area contributed by atoms with Gasteiger partial charge in [-0.15, -0.1) is 11.8 Å². The first-order valence-corrected chi connectivity index (χ1v) is 8.05. The van der Waals surface area contributed by atoms with E-state index in [0.29, 0.717) is 17.0 Å². The van der Waals surface area contributed by atoms with Gasteiger partial charge in [-0.1, -0.05) is 0 Å². The second-order valence-corrected chi connectivity index (χ2v) is 5.82. The van der Waals surface area contributed by atoms with Crippen LogP contribution in [-0.2, 0) is 0 Å². The van der Waals surface area contributed by atoms with Crippen molar-refractivity contribution < 1.29 is 14.8 Å². The van der Waals surface area contributed by atoms with Crippen molar-refractivity contribution in [3.63, 3.8) is 0 Å². The molecule has 0 radical (unpaired) electrons. The Kier molecular flexibility index (Phi) is 5.19. The summed E-state index contributed by atoms with van der Waals surface area (Å²) < 4.78 is 0. The van der Waals surface area contributed by atoms with Gasteiger partial charge in [-0.2, -0.15) is 0 Å². The highest BCUT2D eigenvalue weighted by molar-refractivity contribution is 7.98.